The minimum atomic E-state index is -4.64. The Labute approximate surface area is 64.6 Å². The van der Waals surface area contributed by atoms with Gasteiger partial charge in [-0.1, -0.05) is 0 Å². The highest BCUT2D eigenvalue weighted by Gasteiger charge is 2.72. The van der Waals surface area contributed by atoms with E-state index in [0.29, 0.717) is 0 Å². The molecule has 0 aromatic rings. The first kappa shape index (κ1) is 9.69. The minimum absolute atomic E-state index is 1.26. The molecule has 1 fully saturated rings. The summed E-state index contributed by atoms with van der Waals surface area (Å²) in [5, 5.41) is 16.5. The van der Waals surface area contributed by atoms with Gasteiger partial charge in [-0.3, -0.25) is 0 Å². The largest absolute Gasteiger partial charge is 0.393 e. The van der Waals surface area contributed by atoms with Crippen LogP contribution in [-0.4, -0.2) is 41.1 Å². The first-order chi connectivity index (χ1) is 5.34. The third-order valence-electron chi connectivity index (χ3n) is 1.62. The third kappa shape index (κ3) is 1.00. The fourth-order valence-electron chi connectivity index (χ4n) is 0.863. The number of hydrogen-bond donors (Lipinski definition) is 2. The lowest BCUT2D eigenvalue weighted by Crippen LogP contribution is -2.47. The van der Waals surface area contributed by atoms with Crippen molar-refractivity contribution in [1.29, 1.82) is 0 Å². The van der Waals surface area contributed by atoms with Crippen LogP contribution in [0.3, 0.4) is 0 Å². The summed E-state index contributed by atoms with van der Waals surface area (Å²) in [6.45, 7) is -1.26. The molecule has 0 radical (unpaired) electrons. The second-order valence-corrected chi connectivity index (χ2v) is 2.41. The van der Waals surface area contributed by atoms with E-state index in [9.17, 15) is 17.6 Å². The zero-order valence-electron chi connectivity index (χ0n) is 5.68. The quantitative estimate of drug-likeness (QED) is 0.570. The van der Waals surface area contributed by atoms with Crippen molar-refractivity contribution >= 4 is 0 Å². The fourth-order valence-corrected chi connectivity index (χ4v) is 0.863. The second-order valence-electron chi connectivity index (χ2n) is 2.41. The lowest BCUT2D eigenvalue weighted by Gasteiger charge is -2.20. The van der Waals surface area contributed by atoms with Crippen molar-refractivity contribution in [3.05, 3.63) is 0 Å². The number of alkyl halides is 4. The van der Waals surface area contributed by atoms with Crippen LogP contribution >= 0.6 is 0 Å². The number of halogens is 4. The Bertz CT molecular complexity index is 184. The highest BCUT2D eigenvalue weighted by atomic mass is 19.3. The molecule has 1 aliphatic heterocycles. The van der Waals surface area contributed by atoms with Gasteiger partial charge < -0.3 is 14.9 Å². The van der Waals surface area contributed by atoms with E-state index in [-0.39, 0.29) is 0 Å². The molecule has 12 heavy (non-hydrogen) atoms. The molecule has 0 bridgehead atoms. The van der Waals surface area contributed by atoms with E-state index < -0.39 is 30.8 Å². The Morgan fingerprint density at radius 1 is 1.17 bits per heavy atom. The average Bonchev–Trinajstić information content (AvgIpc) is 2.10. The number of aliphatic hydroxyl groups is 2. The molecule has 0 aromatic carbocycles. The summed E-state index contributed by atoms with van der Waals surface area (Å²) in [6, 6.07) is 0. The number of hydrogen-bond acceptors (Lipinski definition) is 3. The minimum Gasteiger partial charge on any atom is -0.393 e. The van der Waals surface area contributed by atoms with E-state index in [2.05, 4.69) is 4.74 Å². The van der Waals surface area contributed by atoms with Gasteiger partial charge in [-0.2, -0.15) is 17.6 Å². The van der Waals surface area contributed by atoms with E-state index in [4.69, 9.17) is 10.2 Å². The Hall–Kier alpha value is -0.400. The molecule has 7 heteroatoms. The van der Waals surface area contributed by atoms with Gasteiger partial charge in [-0.05, 0) is 0 Å². The summed E-state index contributed by atoms with van der Waals surface area (Å²) in [5.74, 6) is -9.17. The monoisotopic (exact) mass is 190 g/mol. The van der Waals surface area contributed by atoms with Gasteiger partial charge in [0.2, 0.25) is 6.29 Å². The van der Waals surface area contributed by atoms with Gasteiger partial charge in [0.1, 0.15) is 0 Å². The van der Waals surface area contributed by atoms with Crippen LogP contribution in [0.25, 0.3) is 0 Å². The van der Waals surface area contributed by atoms with Gasteiger partial charge in [-0.25, -0.2) is 0 Å². The van der Waals surface area contributed by atoms with Gasteiger partial charge in [0.05, 0.1) is 6.61 Å². The molecule has 2 N–H and O–H groups in total. The van der Waals surface area contributed by atoms with Gasteiger partial charge >= 0.3 is 11.8 Å². The topological polar surface area (TPSA) is 49.7 Å². The van der Waals surface area contributed by atoms with Gasteiger partial charge in [0, 0.05) is 0 Å². The molecule has 1 rings (SSSR count). The van der Waals surface area contributed by atoms with Crippen molar-refractivity contribution in [1.82, 2.24) is 0 Å². The summed E-state index contributed by atoms with van der Waals surface area (Å²) in [7, 11) is 0. The van der Waals surface area contributed by atoms with Crippen molar-refractivity contribution in [2.75, 3.05) is 6.61 Å². The first-order valence-corrected chi connectivity index (χ1v) is 3.04. The van der Waals surface area contributed by atoms with Crippen LogP contribution in [0.4, 0.5) is 17.6 Å². The SMILES string of the molecule is OCC1OC(O)C(F)(F)C1(F)F. The van der Waals surface area contributed by atoms with Gasteiger partial charge in [-0.15, -0.1) is 0 Å². The molecule has 0 saturated carbocycles. The smallest absolute Gasteiger partial charge is 0.362 e. The van der Waals surface area contributed by atoms with Gasteiger partial charge in [0.25, 0.3) is 0 Å². The molecule has 72 valence electrons. The molecule has 1 heterocycles. The van der Waals surface area contributed by atoms with Crippen molar-refractivity contribution < 1.29 is 32.5 Å². The lowest BCUT2D eigenvalue weighted by molar-refractivity contribution is -0.234. The van der Waals surface area contributed by atoms with Crippen LogP contribution in [0.2, 0.25) is 0 Å². The molecular formula is C5H6F4O3. The van der Waals surface area contributed by atoms with E-state index >= 15 is 0 Å². The van der Waals surface area contributed by atoms with E-state index in [1.54, 1.807) is 0 Å². The molecule has 1 saturated heterocycles. The van der Waals surface area contributed by atoms with Crippen molar-refractivity contribution in [3.63, 3.8) is 0 Å². The molecule has 2 unspecified atom stereocenters. The van der Waals surface area contributed by atoms with Crippen LogP contribution in [0.5, 0.6) is 0 Å². The summed E-state index contributed by atoms with van der Waals surface area (Å²) < 4.78 is 53.3. The van der Waals surface area contributed by atoms with Crippen LogP contribution in [0.15, 0.2) is 0 Å². The Balaban J connectivity index is 2.92. The average molecular weight is 190 g/mol. The third-order valence-corrected chi connectivity index (χ3v) is 1.62. The first-order valence-electron chi connectivity index (χ1n) is 3.04. The number of ether oxygens (including phenoxy) is 1. The van der Waals surface area contributed by atoms with E-state index in [1.165, 1.54) is 0 Å². The van der Waals surface area contributed by atoms with E-state index in [0.717, 1.165) is 0 Å². The summed E-state index contributed by atoms with van der Waals surface area (Å²) >= 11 is 0. The molecule has 0 amide bonds. The Morgan fingerprint density at radius 2 is 1.67 bits per heavy atom. The predicted octanol–water partition coefficient (Wildman–Crippen LogP) is -0.0335. The fraction of sp³-hybridized carbons (Fsp3) is 1.00. The maximum atomic E-state index is 12.4. The lowest BCUT2D eigenvalue weighted by atomic mass is 10.1. The number of rotatable bonds is 1. The summed E-state index contributed by atoms with van der Waals surface area (Å²) in [4.78, 5) is 0. The molecular weight excluding hydrogens is 184 g/mol. The normalized spacial score (nSPS) is 38.5. The van der Waals surface area contributed by atoms with Crippen molar-refractivity contribution in [2.45, 2.75) is 24.2 Å². The molecule has 1 aliphatic rings. The maximum absolute atomic E-state index is 12.4. The van der Waals surface area contributed by atoms with Crippen LogP contribution in [-0.2, 0) is 4.74 Å². The Kier molecular flexibility index (Phi) is 2.05. The number of aliphatic hydroxyl groups excluding tert-OH is 2. The zero-order chi connectivity index (χ0) is 9.57. The van der Waals surface area contributed by atoms with E-state index in [1.807, 2.05) is 0 Å². The van der Waals surface area contributed by atoms with Crippen LogP contribution < -0.4 is 0 Å². The summed E-state index contributed by atoms with van der Waals surface area (Å²) in [5.41, 5.74) is 0. The second kappa shape index (κ2) is 2.54. The highest BCUT2D eigenvalue weighted by molar-refractivity contribution is 4.99. The molecule has 0 aromatic heterocycles. The van der Waals surface area contributed by atoms with Crippen molar-refractivity contribution in [3.8, 4) is 0 Å². The zero-order valence-corrected chi connectivity index (χ0v) is 5.68. The molecule has 0 spiro atoms. The predicted molar refractivity (Wildman–Crippen MR) is 27.9 cm³/mol. The standard InChI is InChI=1S/C5H6F4O3/c6-4(7)2(1-10)12-3(11)5(4,8)9/h2-3,10-11H,1H2. The Morgan fingerprint density at radius 3 is 1.83 bits per heavy atom. The van der Waals surface area contributed by atoms with Crippen molar-refractivity contribution in [2.24, 2.45) is 0 Å². The molecule has 0 aliphatic carbocycles. The summed E-state index contributed by atoms with van der Waals surface area (Å²) in [6.07, 6.45) is -5.20. The molecule has 3 nitrogen and oxygen atoms in total. The van der Waals surface area contributed by atoms with Crippen LogP contribution in [0, 0.1) is 0 Å². The van der Waals surface area contributed by atoms with Crippen LogP contribution in [0.1, 0.15) is 0 Å². The highest BCUT2D eigenvalue weighted by Crippen LogP contribution is 2.46. The maximum Gasteiger partial charge on any atom is 0.362 e. The molecule has 2 atom stereocenters. The van der Waals surface area contributed by atoms with Gasteiger partial charge in [0.15, 0.2) is 6.10 Å².